The molecule has 0 unspecified atom stereocenters. The van der Waals surface area contributed by atoms with Crippen molar-refractivity contribution in [2.45, 2.75) is 20.3 Å². The molecular weight excluding hydrogens is 462 g/mol. The van der Waals surface area contributed by atoms with Gasteiger partial charge in [0.1, 0.15) is 5.01 Å². The van der Waals surface area contributed by atoms with E-state index in [0.29, 0.717) is 16.4 Å². The maximum absolute atomic E-state index is 12.4. The number of nitrogens with one attached hydrogen (secondary N) is 2. The maximum atomic E-state index is 12.4. The Hall–Kier alpha value is -3.10. The van der Waals surface area contributed by atoms with Crippen molar-refractivity contribution >= 4 is 79.9 Å². The van der Waals surface area contributed by atoms with Crippen LogP contribution in [0.15, 0.2) is 32.5 Å². The zero-order chi connectivity index (χ0) is 22.4. The molecule has 2 aromatic heterocycles. The number of amidine groups is 2. The van der Waals surface area contributed by atoms with Gasteiger partial charge >= 0.3 is 5.91 Å². The number of nitrogens with zero attached hydrogens (tertiary/aromatic N) is 5. The van der Waals surface area contributed by atoms with Crippen molar-refractivity contribution in [1.82, 2.24) is 15.5 Å². The molecular formula is C17H15N7O4S3. The normalized spacial score (nSPS) is 14.8. The minimum Gasteiger partial charge on any atom is -0.309 e. The highest BCUT2D eigenvalue weighted by molar-refractivity contribution is 8.14. The van der Waals surface area contributed by atoms with Crippen molar-refractivity contribution in [2.75, 3.05) is 11.1 Å². The van der Waals surface area contributed by atoms with E-state index in [1.54, 1.807) is 17.5 Å². The summed E-state index contributed by atoms with van der Waals surface area (Å²) in [5.41, 5.74) is -0.372. The molecule has 0 saturated heterocycles. The predicted molar refractivity (Wildman–Crippen MR) is 120 cm³/mol. The average Bonchev–Trinajstić information content (AvgIpc) is 3.40. The number of hydrogen-bond donors (Lipinski definition) is 2. The van der Waals surface area contributed by atoms with Crippen LogP contribution in [0, 0.1) is 0 Å². The first-order valence-corrected chi connectivity index (χ1v) is 11.4. The third kappa shape index (κ3) is 6.19. The van der Waals surface area contributed by atoms with Crippen LogP contribution in [0.1, 0.15) is 28.5 Å². The highest BCUT2D eigenvalue weighted by Gasteiger charge is 2.27. The number of hydrogen-bond acceptors (Lipinski definition) is 10. The van der Waals surface area contributed by atoms with E-state index in [4.69, 9.17) is 0 Å². The van der Waals surface area contributed by atoms with E-state index in [1.165, 1.54) is 18.3 Å². The minimum absolute atomic E-state index is 0.0436. The Morgan fingerprint density at radius 2 is 2.00 bits per heavy atom. The molecule has 1 aliphatic heterocycles. The number of aromatic nitrogens is 2. The lowest BCUT2D eigenvalue weighted by Crippen LogP contribution is -2.41. The Balaban J connectivity index is 1.70. The summed E-state index contributed by atoms with van der Waals surface area (Å²) in [5, 5.41) is 15.6. The Kier molecular flexibility index (Phi) is 7.49. The molecule has 14 heteroatoms. The number of rotatable bonds is 5. The fraction of sp³-hybridized carbons (Fsp3) is 0.235. The van der Waals surface area contributed by atoms with Gasteiger partial charge in [-0.2, -0.15) is 9.98 Å². The number of carbonyl (C=O) groups is 4. The van der Waals surface area contributed by atoms with Crippen molar-refractivity contribution in [2.24, 2.45) is 15.0 Å². The van der Waals surface area contributed by atoms with Crippen LogP contribution in [0.2, 0.25) is 0 Å². The number of thioether (sulfide) groups is 1. The van der Waals surface area contributed by atoms with E-state index in [0.717, 1.165) is 28.1 Å². The van der Waals surface area contributed by atoms with Crippen LogP contribution in [0.4, 0.5) is 5.13 Å². The smallest absolute Gasteiger partial charge is 0.302 e. The highest BCUT2D eigenvalue weighted by Crippen LogP contribution is 2.17. The molecule has 0 radical (unpaired) electrons. The fourth-order valence-electron chi connectivity index (χ4n) is 2.12. The van der Waals surface area contributed by atoms with Crippen molar-refractivity contribution in [3.8, 4) is 0 Å². The van der Waals surface area contributed by atoms with Crippen LogP contribution in [-0.4, -0.2) is 56.3 Å². The van der Waals surface area contributed by atoms with E-state index in [2.05, 4.69) is 35.8 Å². The summed E-state index contributed by atoms with van der Waals surface area (Å²) in [6, 6.07) is 3.23. The lowest BCUT2D eigenvalue weighted by atomic mass is 10.3. The molecule has 0 aliphatic carbocycles. The Bertz CT molecular complexity index is 1120. The Labute approximate surface area is 188 Å². The predicted octanol–water partition coefficient (Wildman–Crippen LogP) is 1.55. The van der Waals surface area contributed by atoms with E-state index in [9.17, 15) is 19.2 Å². The molecule has 0 saturated carbocycles. The average molecular weight is 478 g/mol. The van der Waals surface area contributed by atoms with Crippen molar-refractivity contribution in [3.05, 3.63) is 27.4 Å². The molecule has 3 heterocycles. The van der Waals surface area contributed by atoms with Crippen LogP contribution in [0.3, 0.4) is 0 Å². The summed E-state index contributed by atoms with van der Waals surface area (Å²) >= 11 is 3.32. The van der Waals surface area contributed by atoms with Crippen molar-refractivity contribution < 1.29 is 19.2 Å². The van der Waals surface area contributed by atoms with Gasteiger partial charge in [0.15, 0.2) is 16.7 Å². The summed E-state index contributed by atoms with van der Waals surface area (Å²) in [6.07, 6.45) is 0.709. The molecule has 0 spiro atoms. The molecule has 160 valence electrons. The van der Waals surface area contributed by atoms with E-state index >= 15 is 0 Å². The quantitative estimate of drug-likeness (QED) is 0.662. The lowest BCUT2D eigenvalue weighted by Gasteiger charge is -2.12. The first-order chi connectivity index (χ1) is 14.9. The second kappa shape index (κ2) is 10.3. The SMILES string of the molecule is CCc1nnc(NC(=O)CSC2=NC(=O)C(=NC(=O)c3cccs3)C(NC(C)=O)=N2)s1. The third-order valence-electron chi connectivity index (χ3n) is 3.42. The topological polar surface area (TPSA) is 155 Å². The molecule has 3 rings (SSSR count). The molecule has 2 aromatic rings. The number of amides is 4. The van der Waals surface area contributed by atoms with E-state index in [1.807, 2.05) is 6.92 Å². The largest absolute Gasteiger partial charge is 0.309 e. The van der Waals surface area contributed by atoms with Gasteiger partial charge in [0.2, 0.25) is 16.9 Å². The van der Waals surface area contributed by atoms with Crippen molar-refractivity contribution in [3.63, 3.8) is 0 Å². The number of aryl methyl sites for hydroxylation is 1. The van der Waals surface area contributed by atoms with Crippen LogP contribution in [-0.2, 0) is 20.8 Å². The Morgan fingerprint density at radius 1 is 1.19 bits per heavy atom. The molecule has 0 bridgehead atoms. The summed E-state index contributed by atoms with van der Waals surface area (Å²) < 4.78 is 0. The highest BCUT2D eigenvalue weighted by atomic mass is 32.2. The first kappa shape index (κ1) is 22.6. The summed E-state index contributed by atoms with van der Waals surface area (Å²) in [7, 11) is 0. The van der Waals surface area contributed by atoms with E-state index in [-0.39, 0.29) is 28.4 Å². The van der Waals surface area contributed by atoms with Crippen LogP contribution in [0.5, 0.6) is 0 Å². The minimum atomic E-state index is -0.844. The van der Waals surface area contributed by atoms with Crippen LogP contribution in [0.25, 0.3) is 0 Å². The van der Waals surface area contributed by atoms with E-state index < -0.39 is 17.7 Å². The lowest BCUT2D eigenvalue weighted by molar-refractivity contribution is -0.117. The van der Waals surface area contributed by atoms with Crippen molar-refractivity contribution in [1.29, 1.82) is 0 Å². The van der Waals surface area contributed by atoms with Gasteiger partial charge in [0, 0.05) is 6.92 Å². The Morgan fingerprint density at radius 3 is 2.65 bits per heavy atom. The third-order valence-corrected chi connectivity index (χ3v) is 6.11. The summed E-state index contributed by atoms with van der Waals surface area (Å²) in [5.74, 6) is -2.69. The molecule has 0 fully saturated rings. The number of anilines is 1. The number of aliphatic imine (C=N–C) groups is 3. The molecule has 0 aromatic carbocycles. The maximum Gasteiger partial charge on any atom is 0.302 e. The number of carbonyl (C=O) groups excluding carboxylic acids is 4. The van der Waals surface area contributed by atoms with Gasteiger partial charge < -0.3 is 5.32 Å². The van der Waals surface area contributed by atoms with Gasteiger partial charge in [-0.3, -0.25) is 24.5 Å². The fourth-order valence-corrected chi connectivity index (χ4v) is 4.06. The standard InChI is InChI=1S/C17H15N7O4S3/c1-3-11-23-24-17(31-11)19-10(26)7-30-16-21-13(18-8(2)25)12(15(28)22-16)20-14(27)9-5-4-6-29-9/h4-6H,3,7H2,1-2H3,(H,19,24,26)(H,18,21,22,25,28). The summed E-state index contributed by atoms with van der Waals surface area (Å²) in [6.45, 7) is 3.15. The van der Waals surface area contributed by atoms with Crippen LogP contribution >= 0.6 is 34.4 Å². The summed E-state index contributed by atoms with van der Waals surface area (Å²) in [4.78, 5) is 60.3. The zero-order valence-corrected chi connectivity index (χ0v) is 18.7. The molecule has 2 N–H and O–H groups in total. The number of thiophene rings is 1. The molecule has 31 heavy (non-hydrogen) atoms. The zero-order valence-electron chi connectivity index (χ0n) is 16.2. The van der Waals surface area contributed by atoms with Gasteiger partial charge in [-0.25, -0.2) is 4.99 Å². The molecule has 0 atom stereocenters. The second-order valence-corrected chi connectivity index (χ2v) is 8.73. The molecule has 11 nitrogen and oxygen atoms in total. The molecule has 1 aliphatic rings. The van der Waals surface area contributed by atoms with Gasteiger partial charge in [-0.15, -0.1) is 21.5 Å². The van der Waals surface area contributed by atoms with Gasteiger partial charge in [0.25, 0.3) is 5.91 Å². The van der Waals surface area contributed by atoms with Gasteiger partial charge in [-0.1, -0.05) is 36.1 Å². The second-order valence-electron chi connectivity index (χ2n) is 5.78. The van der Waals surface area contributed by atoms with Crippen LogP contribution < -0.4 is 10.6 Å². The monoisotopic (exact) mass is 477 g/mol. The van der Waals surface area contributed by atoms with Gasteiger partial charge in [-0.05, 0) is 17.9 Å². The van der Waals surface area contributed by atoms with Gasteiger partial charge in [0.05, 0.1) is 10.6 Å². The first-order valence-electron chi connectivity index (χ1n) is 8.77. The molecule has 4 amide bonds.